The van der Waals surface area contributed by atoms with E-state index in [2.05, 4.69) is 19.2 Å². The van der Waals surface area contributed by atoms with E-state index in [9.17, 15) is 19.4 Å². The Balaban J connectivity index is 4.21. The lowest BCUT2D eigenvalue weighted by Gasteiger charge is -2.25. The molecule has 0 radical (unpaired) electrons. The number of aliphatic hydroxyl groups is 1. The van der Waals surface area contributed by atoms with Crippen molar-refractivity contribution in [2.75, 3.05) is 40.9 Å². The number of quaternary nitrogens is 1. The number of phosphoric ester groups is 1. The largest absolute Gasteiger partial charge is 0.472 e. The number of allylic oxidation sites excluding steroid dienone is 1. The third-order valence-corrected chi connectivity index (χ3v) is 14.0. The smallest absolute Gasteiger partial charge is 0.387 e. The molecule has 0 aromatic carbocycles. The molecule has 8 nitrogen and oxygen atoms in total. The van der Waals surface area contributed by atoms with Gasteiger partial charge in [0.05, 0.1) is 39.9 Å². The van der Waals surface area contributed by atoms with E-state index in [4.69, 9.17) is 9.05 Å². The van der Waals surface area contributed by atoms with Crippen LogP contribution in [-0.2, 0) is 18.4 Å². The summed E-state index contributed by atoms with van der Waals surface area (Å²) in [6, 6.07) is -0.841. The van der Waals surface area contributed by atoms with Crippen LogP contribution in [0.5, 0.6) is 0 Å². The Morgan fingerprint density at radius 2 is 0.828 bits per heavy atom. The maximum atomic E-state index is 13.0. The Hall–Kier alpha value is -0.760. The molecule has 0 bridgehead atoms. The summed E-state index contributed by atoms with van der Waals surface area (Å²) in [6.45, 7) is 4.87. The van der Waals surface area contributed by atoms with Crippen molar-refractivity contribution < 1.29 is 32.9 Å². The van der Waals surface area contributed by atoms with E-state index in [-0.39, 0.29) is 19.1 Å². The van der Waals surface area contributed by atoms with Crippen LogP contribution in [-0.4, -0.2) is 73.4 Å². The highest BCUT2D eigenvalue weighted by molar-refractivity contribution is 7.47. The molecule has 0 aliphatic carbocycles. The SMILES string of the molecule is CCCCCCCCCCCCCCCCCCCCC/C=C/C(O)C(COP(=O)(O)OCC[N+](C)(C)C)NC(=O)CCCCCCCCCCCCCCCCCCCCCCC. The van der Waals surface area contributed by atoms with E-state index in [0.29, 0.717) is 17.4 Å². The number of hydrogen-bond acceptors (Lipinski definition) is 5. The van der Waals surface area contributed by atoms with Crippen LogP contribution in [0, 0.1) is 0 Å². The summed E-state index contributed by atoms with van der Waals surface area (Å²) in [7, 11) is 1.59. The lowest BCUT2D eigenvalue weighted by Crippen LogP contribution is -2.45. The van der Waals surface area contributed by atoms with Crippen molar-refractivity contribution in [3.63, 3.8) is 0 Å². The zero-order valence-electron chi connectivity index (χ0n) is 43.6. The number of hydrogen-bond donors (Lipinski definition) is 3. The number of nitrogens with one attached hydrogen (secondary N) is 1. The molecule has 0 rings (SSSR count). The summed E-state index contributed by atoms with van der Waals surface area (Å²) < 4.78 is 23.7. The first kappa shape index (κ1) is 63.2. The summed E-state index contributed by atoms with van der Waals surface area (Å²) in [5, 5.41) is 13.9. The van der Waals surface area contributed by atoms with Crippen molar-refractivity contribution >= 4 is 13.7 Å². The molecule has 3 unspecified atom stereocenters. The molecule has 0 heterocycles. The van der Waals surface area contributed by atoms with Gasteiger partial charge in [-0.2, -0.15) is 0 Å². The number of nitrogens with zero attached hydrogens (tertiary/aromatic N) is 1. The van der Waals surface area contributed by atoms with Crippen LogP contribution in [0.25, 0.3) is 0 Å². The van der Waals surface area contributed by atoms with E-state index in [1.807, 2.05) is 27.2 Å². The lowest BCUT2D eigenvalue weighted by molar-refractivity contribution is -0.870. The minimum atomic E-state index is -4.34. The Bertz CT molecular complexity index is 1050. The molecule has 0 aliphatic rings. The molecule has 0 aromatic heterocycles. The summed E-state index contributed by atoms with van der Waals surface area (Å²) in [6.07, 6.45) is 57.3. The monoisotopic (exact) mass is 928 g/mol. The van der Waals surface area contributed by atoms with Crippen LogP contribution in [0.4, 0.5) is 0 Å². The van der Waals surface area contributed by atoms with E-state index in [1.54, 1.807) is 6.08 Å². The number of likely N-dealkylation sites (N-methyl/N-ethyl adjacent to an activating group) is 1. The lowest BCUT2D eigenvalue weighted by atomic mass is 10.0. The molecule has 1 amide bonds. The zero-order valence-corrected chi connectivity index (χ0v) is 44.4. The van der Waals surface area contributed by atoms with Gasteiger partial charge in [-0.15, -0.1) is 0 Å². The molecule has 0 saturated carbocycles. The van der Waals surface area contributed by atoms with Gasteiger partial charge in [0.15, 0.2) is 0 Å². The van der Waals surface area contributed by atoms with Crippen molar-refractivity contribution in [2.45, 2.75) is 296 Å². The standard InChI is InChI=1S/C55H111N2O6P/c1-6-8-10-12-14-16-18-20-22-24-26-28-30-32-34-36-38-40-42-44-46-48-54(58)53(52-63-64(60,61)62-51-50-57(3,4)5)56-55(59)49-47-45-43-41-39-37-35-33-31-29-27-25-23-21-19-17-15-13-11-9-7-2/h46,48,53-54,58H,6-45,47,49-52H2,1-5H3,(H-,56,59,60,61)/p+1/b48-46+. The van der Waals surface area contributed by atoms with E-state index < -0.39 is 20.0 Å². The van der Waals surface area contributed by atoms with Gasteiger partial charge >= 0.3 is 7.82 Å². The number of amides is 1. The predicted molar refractivity (Wildman–Crippen MR) is 277 cm³/mol. The Morgan fingerprint density at radius 1 is 0.516 bits per heavy atom. The number of phosphoric acid groups is 1. The summed E-state index contributed by atoms with van der Waals surface area (Å²) in [5.74, 6) is -0.170. The van der Waals surface area contributed by atoms with Crippen molar-refractivity contribution in [1.29, 1.82) is 0 Å². The third kappa shape index (κ3) is 49.2. The number of aliphatic hydroxyl groups excluding tert-OH is 1. The topological polar surface area (TPSA) is 105 Å². The number of rotatable bonds is 52. The van der Waals surface area contributed by atoms with Gasteiger partial charge in [-0.3, -0.25) is 13.8 Å². The predicted octanol–water partition coefficient (Wildman–Crippen LogP) is 16.7. The van der Waals surface area contributed by atoms with Gasteiger partial charge < -0.3 is 19.8 Å². The first-order valence-corrected chi connectivity index (χ1v) is 29.6. The molecule has 3 N–H and O–H groups in total. The number of carbonyl (C=O) groups is 1. The Morgan fingerprint density at radius 3 is 1.16 bits per heavy atom. The second-order valence-electron chi connectivity index (χ2n) is 20.7. The van der Waals surface area contributed by atoms with Crippen molar-refractivity contribution in [2.24, 2.45) is 0 Å². The van der Waals surface area contributed by atoms with Gasteiger partial charge in [0.1, 0.15) is 13.2 Å². The normalized spacial score (nSPS) is 14.0. The quantitative estimate of drug-likeness (QED) is 0.0243. The van der Waals surface area contributed by atoms with Crippen LogP contribution < -0.4 is 5.32 Å². The second-order valence-corrected chi connectivity index (χ2v) is 22.1. The molecule has 9 heteroatoms. The minimum absolute atomic E-state index is 0.0652. The molecule has 64 heavy (non-hydrogen) atoms. The molecule has 382 valence electrons. The first-order valence-electron chi connectivity index (χ1n) is 28.1. The minimum Gasteiger partial charge on any atom is -0.387 e. The fourth-order valence-electron chi connectivity index (χ4n) is 8.57. The van der Waals surface area contributed by atoms with Crippen LogP contribution in [0.2, 0.25) is 0 Å². The average Bonchev–Trinajstić information content (AvgIpc) is 3.25. The zero-order chi connectivity index (χ0) is 47.1. The second kappa shape index (κ2) is 47.3. The summed E-state index contributed by atoms with van der Waals surface area (Å²) >= 11 is 0. The van der Waals surface area contributed by atoms with E-state index in [1.165, 1.54) is 231 Å². The molecular formula is C55H112N2O6P+. The van der Waals surface area contributed by atoms with Gasteiger partial charge in [-0.25, -0.2) is 4.57 Å². The first-order chi connectivity index (χ1) is 31.0. The highest BCUT2D eigenvalue weighted by atomic mass is 31.2. The molecule has 0 spiro atoms. The third-order valence-electron chi connectivity index (χ3n) is 13.0. The molecule has 0 saturated heterocycles. The Kier molecular flexibility index (Phi) is 46.8. The van der Waals surface area contributed by atoms with Crippen molar-refractivity contribution in [1.82, 2.24) is 5.32 Å². The fourth-order valence-corrected chi connectivity index (χ4v) is 9.31. The van der Waals surface area contributed by atoms with Crippen molar-refractivity contribution in [3.8, 4) is 0 Å². The average molecular weight is 928 g/mol. The highest BCUT2D eigenvalue weighted by Crippen LogP contribution is 2.43. The molecule has 0 aromatic rings. The van der Waals surface area contributed by atoms with Gasteiger partial charge in [0.25, 0.3) is 0 Å². The maximum Gasteiger partial charge on any atom is 0.472 e. The maximum absolute atomic E-state index is 13.0. The van der Waals surface area contributed by atoms with Gasteiger partial charge in [0.2, 0.25) is 5.91 Å². The Labute approximate surface area is 399 Å². The fraction of sp³-hybridized carbons (Fsp3) is 0.945. The summed E-state index contributed by atoms with van der Waals surface area (Å²) in [4.78, 5) is 23.3. The van der Waals surface area contributed by atoms with E-state index >= 15 is 0 Å². The highest BCUT2D eigenvalue weighted by Gasteiger charge is 2.27. The summed E-state index contributed by atoms with van der Waals surface area (Å²) in [5.41, 5.74) is 0. The molecular weight excluding hydrogens is 816 g/mol. The van der Waals surface area contributed by atoms with Gasteiger partial charge in [-0.1, -0.05) is 270 Å². The van der Waals surface area contributed by atoms with Crippen LogP contribution in [0.15, 0.2) is 12.2 Å². The molecule has 0 aliphatic heterocycles. The van der Waals surface area contributed by atoms with E-state index in [0.717, 1.165) is 32.1 Å². The number of unbranched alkanes of at least 4 members (excludes halogenated alkanes) is 39. The van der Waals surface area contributed by atoms with Crippen molar-refractivity contribution in [3.05, 3.63) is 12.2 Å². The number of carbonyl (C=O) groups excluding carboxylic acids is 1. The van der Waals surface area contributed by atoms with Crippen LogP contribution in [0.1, 0.15) is 284 Å². The molecule has 3 atom stereocenters. The van der Waals surface area contributed by atoms with Gasteiger partial charge in [-0.05, 0) is 19.3 Å². The van der Waals surface area contributed by atoms with Crippen LogP contribution >= 0.6 is 7.82 Å². The molecule has 0 fully saturated rings. The van der Waals surface area contributed by atoms with Crippen LogP contribution in [0.3, 0.4) is 0 Å². The van der Waals surface area contributed by atoms with Gasteiger partial charge in [0, 0.05) is 6.42 Å².